The van der Waals surface area contributed by atoms with Crippen LogP contribution in [-0.4, -0.2) is 44.1 Å². The monoisotopic (exact) mass is 296 g/mol. The lowest BCUT2D eigenvalue weighted by Gasteiger charge is -2.30. The Morgan fingerprint density at radius 3 is 2.75 bits per heavy atom. The molecule has 2 aliphatic rings. The number of rotatable bonds is 3. The summed E-state index contributed by atoms with van der Waals surface area (Å²) in [5, 5.41) is 12.4. The summed E-state index contributed by atoms with van der Waals surface area (Å²) in [4.78, 5) is 0.391. The maximum Gasteiger partial charge on any atom is 0.243 e. The Morgan fingerprint density at radius 1 is 1.30 bits per heavy atom. The van der Waals surface area contributed by atoms with Crippen LogP contribution in [0, 0.1) is 5.92 Å². The molecular formula is C14H20N2O3S. The topological polar surface area (TPSA) is 69.6 Å². The number of piperidine rings is 1. The lowest BCUT2D eigenvalue weighted by atomic mass is 10.00. The molecule has 2 heterocycles. The van der Waals surface area contributed by atoms with Crippen LogP contribution in [0.3, 0.4) is 0 Å². The number of aliphatic hydroxyl groups excluding tert-OH is 1. The molecule has 0 radical (unpaired) electrons. The molecule has 1 fully saturated rings. The van der Waals surface area contributed by atoms with Gasteiger partial charge in [-0.05, 0) is 48.9 Å². The van der Waals surface area contributed by atoms with Crippen LogP contribution in [0.1, 0.15) is 18.4 Å². The summed E-state index contributed by atoms with van der Waals surface area (Å²) in [5.74, 6) is 0.241. The lowest BCUT2D eigenvalue weighted by Crippen LogP contribution is -2.39. The molecule has 6 heteroatoms. The van der Waals surface area contributed by atoms with Gasteiger partial charge in [0.1, 0.15) is 0 Å². The highest BCUT2D eigenvalue weighted by atomic mass is 32.2. The number of sulfonamides is 1. The highest BCUT2D eigenvalue weighted by molar-refractivity contribution is 7.89. The van der Waals surface area contributed by atoms with Crippen LogP contribution >= 0.6 is 0 Å². The molecule has 110 valence electrons. The van der Waals surface area contributed by atoms with Crippen molar-refractivity contribution in [3.8, 4) is 0 Å². The van der Waals surface area contributed by atoms with Crippen molar-refractivity contribution in [2.24, 2.45) is 5.92 Å². The average molecular weight is 296 g/mol. The zero-order valence-electron chi connectivity index (χ0n) is 11.4. The average Bonchev–Trinajstić information content (AvgIpc) is 2.94. The van der Waals surface area contributed by atoms with Gasteiger partial charge in [-0.25, -0.2) is 8.42 Å². The van der Waals surface area contributed by atoms with Gasteiger partial charge in [0.25, 0.3) is 0 Å². The van der Waals surface area contributed by atoms with E-state index in [2.05, 4.69) is 5.32 Å². The molecule has 20 heavy (non-hydrogen) atoms. The van der Waals surface area contributed by atoms with Crippen molar-refractivity contribution in [1.82, 2.24) is 4.31 Å². The Morgan fingerprint density at radius 2 is 2.05 bits per heavy atom. The number of hydrogen-bond acceptors (Lipinski definition) is 4. The number of hydrogen-bond donors (Lipinski definition) is 2. The number of benzene rings is 1. The largest absolute Gasteiger partial charge is 0.396 e. The van der Waals surface area contributed by atoms with Crippen LogP contribution in [0.25, 0.3) is 0 Å². The van der Waals surface area contributed by atoms with Crippen molar-refractivity contribution >= 4 is 15.7 Å². The van der Waals surface area contributed by atoms with E-state index >= 15 is 0 Å². The third-order valence-electron chi connectivity index (χ3n) is 4.26. The third-order valence-corrected chi connectivity index (χ3v) is 6.15. The van der Waals surface area contributed by atoms with Gasteiger partial charge in [-0.3, -0.25) is 0 Å². The molecule has 0 aliphatic carbocycles. The Balaban J connectivity index is 1.82. The standard InChI is InChI=1S/C14H20N2O3S/c17-10-11-4-7-16(8-5-11)20(18,19)13-1-2-14-12(9-13)3-6-15-14/h1-2,9,11,15,17H,3-8,10H2. The minimum absolute atomic E-state index is 0.151. The molecule has 2 N–H and O–H groups in total. The van der Waals surface area contributed by atoms with Crippen molar-refractivity contribution in [1.29, 1.82) is 0 Å². The predicted molar refractivity (Wildman–Crippen MR) is 77.2 cm³/mol. The van der Waals surface area contributed by atoms with Gasteiger partial charge in [-0.15, -0.1) is 0 Å². The van der Waals surface area contributed by atoms with Crippen LogP contribution < -0.4 is 5.32 Å². The SMILES string of the molecule is O=S(=O)(c1ccc2c(c1)CCN2)N1CCC(CO)CC1. The van der Waals surface area contributed by atoms with Gasteiger partial charge in [-0.2, -0.15) is 4.31 Å². The Bertz CT molecular complexity index is 592. The quantitative estimate of drug-likeness (QED) is 0.874. The van der Waals surface area contributed by atoms with E-state index in [1.54, 1.807) is 16.4 Å². The summed E-state index contributed by atoms with van der Waals surface area (Å²) >= 11 is 0. The zero-order chi connectivity index (χ0) is 14.2. The molecule has 0 spiro atoms. The van der Waals surface area contributed by atoms with E-state index in [0.717, 1.165) is 37.1 Å². The second-order valence-corrected chi connectivity index (χ2v) is 7.46. The molecular weight excluding hydrogens is 276 g/mol. The van der Waals surface area contributed by atoms with E-state index in [4.69, 9.17) is 5.11 Å². The summed E-state index contributed by atoms with van der Waals surface area (Å²) in [6.07, 6.45) is 2.36. The summed E-state index contributed by atoms with van der Waals surface area (Å²) in [6, 6.07) is 5.34. The van der Waals surface area contributed by atoms with Crippen LogP contribution in [0.2, 0.25) is 0 Å². The summed E-state index contributed by atoms with van der Waals surface area (Å²) in [6.45, 7) is 2.03. The van der Waals surface area contributed by atoms with Gasteiger partial charge in [-0.1, -0.05) is 0 Å². The number of aliphatic hydroxyl groups is 1. The molecule has 0 atom stereocenters. The van der Waals surface area contributed by atoms with Crippen LogP contribution in [0.15, 0.2) is 23.1 Å². The zero-order valence-corrected chi connectivity index (χ0v) is 12.2. The van der Waals surface area contributed by atoms with Crippen molar-refractivity contribution in [3.63, 3.8) is 0 Å². The third kappa shape index (κ3) is 2.43. The molecule has 1 saturated heterocycles. The maximum atomic E-state index is 12.6. The normalized spacial score (nSPS) is 20.6. The van der Waals surface area contributed by atoms with Gasteiger partial charge < -0.3 is 10.4 Å². The predicted octanol–water partition coefficient (Wildman–Crippen LogP) is 1.05. The van der Waals surface area contributed by atoms with Crippen molar-refractivity contribution in [2.45, 2.75) is 24.2 Å². The fourth-order valence-electron chi connectivity index (χ4n) is 2.92. The highest BCUT2D eigenvalue weighted by Crippen LogP contribution is 2.28. The van der Waals surface area contributed by atoms with E-state index < -0.39 is 10.0 Å². The summed E-state index contributed by atoms with van der Waals surface area (Å²) in [5.41, 5.74) is 2.12. The van der Waals surface area contributed by atoms with Crippen LogP contribution in [-0.2, 0) is 16.4 Å². The second-order valence-electron chi connectivity index (χ2n) is 5.53. The first-order chi connectivity index (χ1) is 9.61. The molecule has 2 aliphatic heterocycles. The molecule has 0 saturated carbocycles. The van der Waals surface area contributed by atoms with Gasteiger partial charge >= 0.3 is 0 Å². The number of fused-ring (bicyclic) bond motifs is 1. The van der Waals surface area contributed by atoms with E-state index in [-0.39, 0.29) is 12.5 Å². The van der Waals surface area contributed by atoms with Crippen molar-refractivity contribution < 1.29 is 13.5 Å². The number of nitrogens with one attached hydrogen (secondary N) is 1. The van der Waals surface area contributed by atoms with Crippen molar-refractivity contribution in [3.05, 3.63) is 23.8 Å². The smallest absolute Gasteiger partial charge is 0.243 e. The molecule has 0 aromatic heterocycles. The van der Waals surface area contributed by atoms with E-state index in [1.165, 1.54) is 0 Å². The van der Waals surface area contributed by atoms with Crippen LogP contribution in [0.4, 0.5) is 5.69 Å². The molecule has 0 bridgehead atoms. The number of anilines is 1. The molecule has 5 nitrogen and oxygen atoms in total. The summed E-state index contributed by atoms with van der Waals surface area (Å²) < 4.78 is 26.8. The van der Waals surface area contributed by atoms with Gasteiger partial charge in [0, 0.05) is 31.9 Å². The fraction of sp³-hybridized carbons (Fsp3) is 0.571. The van der Waals surface area contributed by atoms with E-state index in [0.29, 0.717) is 18.0 Å². The first-order valence-corrected chi connectivity index (χ1v) is 8.53. The van der Waals surface area contributed by atoms with Gasteiger partial charge in [0.15, 0.2) is 0 Å². The fourth-order valence-corrected chi connectivity index (χ4v) is 4.44. The van der Waals surface area contributed by atoms with Gasteiger partial charge in [0.05, 0.1) is 4.90 Å². The first kappa shape index (κ1) is 13.9. The summed E-state index contributed by atoms with van der Waals surface area (Å²) in [7, 11) is -3.39. The molecule has 1 aromatic carbocycles. The lowest BCUT2D eigenvalue weighted by molar-refractivity contribution is 0.170. The second kappa shape index (κ2) is 5.35. The van der Waals surface area contributed by atoms with E-state index in [1.807, 2.05) is 6.07 Å². The Kier molecular flexibility index (Phi) is 3.70. The maximum absolute atomic E-state index is 12.6. The number of nitrogens with zero attached hydrogens (tertiary/aromatic N) is 1. The molecule has 0 amide bonds. The minimum Gasteiger partial charge on any atom is -0.396 e. The molecule has 1 aromatic rings. The van der Waals surface area contributed by atoms with Crippen molar-refractivity contribution in [2.75, 3.05) is 31.6 Å². The molecule has 3 rings (SSSR count). The van der Waals surface area contributed by atoms with E-state index in [9.17, 15) is 8.42 Å². The first-order valence-electron chi connectivity index (χ1n) is 7.09. The Hall–Kier alpha value is -1.11. The van der Waals surface area contributed by atoms with Gasteiger partial charge in [0.2, 0.25) is 10.0 Å². The minimum atomic E-state index is -3.39. The highest BCUT2D eigenvalue weighted by Gasteiger charge is 2.29. The van der Waals surface area contributed by atoms with Crippen LogP contribution in [0.5, 0.6) is 0 Å². The molecule has 0 unspecified atom stereocenters. The Labute approximate surface area is 119 Å².